The van der Waals surface area contributed by atoms with Crippen molar-refractivity contribution in [2.75, 3.05) is 31.1 Å². The summed E-state index contributed by atoms with van der Waals surface area (Å²) >= 11 is 0. The van der Waals surface area contributed by atoms with Crippen molar-refractivity contribution in [3.8, 4) is 0 Å². The highest BCUT2D eigenvalue weighted by atomic mass is 16.2. The molecule has 0 aromatic heterocycles. The zero-order chi connectivity index (χ0) is 15.6. The zero-order valence-electron chi connectivity index (χ0n) is 13.6. The summed E-state index contributed by atoms with van der Waals surface area (Å²) in [5, 5.41) is 0. The van der Waals surface area contributed by atoms with Crippen LogP contribution in [0.25, 0.3) is 0 Å². The van der Waals surface area contributed by atoms with E-state index in [2.05, 4.69) is 36.1 Å². The Balaban J connectivity index is 1.98. The lowest BCUT2D eigenvalue weighted by Crippen LogP contribution is -2.56. The van der Waals surface area contributed by atoms with Crippen molar-refractivity contribution >= 4 is 11.6 Å². The molecule has 0 aliphatic carbocycles. The Morgan fingerprint density at radius 2 is 1.71 bits per heavy atom. The first-order valence-corrected chi connectivity index (χ1v) is 7.65. The molecule has 2 N–H and O–H groups in total. The first-order valence-electron chi connectivity index (χ1n) is 7.65. The summed E-state index contributed by atoms with van der Waals surface area (Å²) in [5.74, 6) is 0.0759. The van der Waals surface area contributed by atoms with Gasteiger partial charge in [0, 0.05) is 31.9 Å². The van der Waals surface area contributed by atoms with E-state index in [0.717, 1.165) is 26.2 Å². The summed E-state index contributed by atoms with van der Waals surface area (Å²) in [6, 6.07) is 7.97. The fraction of sp³-hybridized carbons (Fsp3) is 0.588. The molecule has 1 aromatic rings. The summed E-state index contributed by atoms with van der Waals surface area (Å²) in [5.41, 5.74) is 8.45. The van der Waals surface area contributed by atoms with Crippen LogP contribution in [0.1, 0.15) is 26.3 Å². The van der Waals surface area contributed by atoms with Gasteiger partial charge in [0.15, 0.2) is 0 Å². The maximum absolute atomic E-state index is 12.4. The van der Waals surface area contributed by atoms with Crippen molar-refractivity contribution in [2.45, 2.75) is 33.7 Å². The number of aryl methyl sites for hydroxylation is 1. The normalized spacial score (nSPS) is 17.8. The third-order valence-corrected chi connectivity index (χ3v) is 4.25. The zero-order valence-corrected chi connectivity index (χ0v) is 13.6. The van der Waals surface area contributed by atoms with E-state index in [9.17, 15) is 4.79 Å². The predicted molar refractivity (Wildman–Crippen MR) is 87.4 cm³/mol. The maximum Gasteiger partial charge on any atom is 0.240 e. The maximum atomic E-state index is 12.4. The molecule has 4 nitrogen and oxygen atoms in total. The van der Waals surface area contributed by atoms with Gasteiger partial charge in [-0.25, -0.2) is 0 Å². The number of para-hydroxylation sites is 1. The van der Waals surface area contributed by atoms with Crippen LogP contribution in [0.2, 0.25) is 0 Å². The minimum Gasteiger partial charge on any atom is -0.368 e. The molecule has 0 radical (unpaired) electrons. The summed E-state index contributed by atoms with van der Waals surface area (Å²) in [6.45, 7) is 11.4. The smallest absolute Gasteiger partial charge is 0.240 e. The topological polar surface area (TPSA) is 49.6 Å². The molecule has 4 heteroatoms. The quantitative estimate of drug-likeness (QED) is 0.906. The highest BCUT2D eigenvalue weighted by Crippen LogP contribution is 2.23. The number of anilines is 1. The number of hydrogen-bond donors (Lipinski definition) is 1. The number of amides is 1. The molecular weight excluding hydrogens is 262 g/mol. The average Bonchev–Trinajstić information content (AvgIpc) is 2.45. The van der Waals surface area contributed by atoms with Crippen molar-refractivity contribution in [1.82, 2.24) is 4.90 Å². The van der Waals surface area contributed by atoms with Crippen molar-refractivity contribution in [1.29, 1.82) is 0 Å². The van der Waals surface area contributed by atoms with Gasteiger partial charge in [0.1, 0.15) is 0 Å². The van der Waals surface area contributed by atoms with Gasteiger partial charge in [-0.15, -0.1) is 0 Å². The standard InChI is InChI=1S/C17H27N3O/c1-13-7-5-6-8-14(13)19-9-11-20(12-10-19)16(21)15(18)17(2,3)4/h5-8,15H,9-12,18H2,1-4H3. The van der Waals surface area contributed by atoms with E-state index in [4.69, 9.17) is 5.73 Å². The molecule has 1 heterocycles. The minimum atomic E-state index is -0.428. The third-order valence-electron chi connectivity index (χ3n) is 4.25. The van der Waals surface area contributed by atoms with Gasteiger partial charge >= 0.3 is 0 Å². The third kappa shape index (κ3) is 3.56. The number of carbonyl (C=O) groups is 1. The Kier molecular flexibility index (Phi) is 4.57. The highest BCUT2D eigenvalue weighted by molar-refractivity contribution is 5.82. The fourth-order valence-corrected chi connectivity index (χ4v) is 2.65. The van der Waals surface area contributed by atoms with E-state index < -0.39 is 6.04 Å². The second kappa shape index (κ2) is 6.06. The monoisotopic (exact) mass is 289 g/mol. The molecule has 1 saturated heterocycles. The van der Waals surface area contributed by atoms with Crippen molar-refractivity contribution in [2.24, 2.45) is 11.1 Å². The summed E-state index contributed by atoms with van der Waals surface area (Å²) in [4.78, 5) is 16.7. The van der Waals surface area contributed by atoms with Gasteiger partial charge < -0.3 is 15.5 Å². The summed E-state index contributed by atoms with van der Waals surface area (Å²) in [7, 11) is 0. The van der Waals surface area contributed by atoms with E-state index in [1.807, 2.05) is 25.7 Å². The number of nitrogens with zero attached hydrogens (tertiary/aromatic N) is 2. The van der Waals surface area contributed by atoms with Crippen LogP contribution in [0.15, 0.2) is 24.3 Å². The second-order valence-electron chi connectivity index (χ2n) is 6.94. The summed E-state index contributed by atoms with van der Waals surface area (Å²) < 4.78 is 0. The fourth-order valence-electron chi connectivity index (χ4n) is 2.65. The molecule has 0 saturated carbocycles. The highest BCUT2D eigenvalue weighted by Gasteiger charge is 2.32. The molecule has 1 aromatic carbocycles. The molecule has 1 amide bonds. The van der Waals surface area contributed by atoms with Crippen LogP contribution in [0.5, 0.6) is 0 Å². The molecule has 116 valence electrons. The van der Waals surface area contributed by atoms with Gasteiger partial charge in [-0.05, 0) is 24.0 Å². The van der Waals surface area contributed by atoms with Crippen molar-refractivity contribution in [3.63, 3.8) is 0 Å². The molecule has 0 spiro atoms. The Bertz CT molecular complexity index is 499. The Morgan fingerprint density at radius 3 is 2.24 bits per heavy atom. The average molecular weight is 289 g/mol. The molecule has 1 aliphatic rings. The Morgan fingerprint density at radius 1 is 1.14 bits per heavy atom. The number of benzene rings is 1. The van der Waals surface area contributed by atoms with E-state index >= 15 is 0 Å². The molecule has 21 heavy (non-hydrogen) atoms. The number of rotatable bonds is 2. The molecule has 1 unspecified atom stereocenters. The van der Waals surface area contributed by atoms with Crippen LogP contribution in [-0.4, -0.2) is 43.0 Å². The Labute approximate surface area is 127 Å². The lowest BCUT2D eigenvalue weighted by Gasteiger charge is -2.39. The molecule has 1 aliphatic heterocycles. The largest absolute Gasteiger partial charge is 0.368 e. The second-order valence-corrected chi connectivity index (χ2v) is 6.94. The van der Waals surface area contributed by atoms with Crippen LogP contribution in [0.3, 0.4) is 0 Å². The lowest BCUT2D eigenvalue weighted by atomic mass is 9.86. The van der Waals surface area contributed by atoms with Gasteiger partial charge in [-0.2, -0.15) is 0 Å². The molecule has 1 atom stereocenters. The first-order chi connectivity index (χ1) is 9.80. The number of nitrogens with two attached hydrogens (primary N) is 1. The van der Waals surface area contributed by atoms with E-state index in [-0.39, 0.29) is 11.3 Å². The van der Waals surface area contributed by atoms with Crippen LogP contribution < -0.4 is 10.6 Å². The van der Waals surface area contributed by atoms with Crippen molar-refractivity contribution < 1.29 is 4.79 Å². The van der Waals surface area contributed by atoms with Crippen molar-refractivity contribution in [3.05, 3.63) is 29.8 Å². The number of hydrogen-bond acceptors (Lipinski definition) is 3. The van der Waals surface area contributed by atoms with Gasteiger partial charge in [-0.1, -0.05) is 39.0 Å². The molecule has 0 bridgehead atoms. The Hall–Kier alpha value is -1.55. The van der Waals surface area contributed by atoms with E-state index in [1.54, 1.807) is 0 Å². The van der Waals surface area contributed by atoms with Crippen LogP contribution in [0.4, 0.5) is 5.69 Å². The van der Waals surface area contributed by atoms with Gasteiger partial charge in [0.05, 0.1) is 6.04 Å². The minimum absolute atomic E-state index is 0.0759. The predicted octanol–water partition coefficient (Wildman–Crippen LogP) is 2.02. The number of carbonyl (C=O) groups excluding carboxylic acids is 1. The lowest BCUT2D eigenvalue weighted by molar-refractivity contribution is -0.135. The van der Waals surface area contributed by atoms with E-state index in [1.165, 1.54) is 11.3 Å². The molecule has 1 fully saturated rings. The van der Waals surface area contributed by atoms with Gasteiger partial charge in [0.25, 0.3) is 0 Å². The SMILES string of the molecule is Cc1ccccc1N1CCN(C(=O)C(N)C(C)(C)C)CC1. The van der Waals surface area contributed by atoms with Crippen LogP contribution >= 0.6 is 0 Å². The van der Waals surface area contributed by atoms with Crippen LogP contribution in [0, 0.1) is 12.3 Å². The molecular formula is C17H27N3O. The van der Waals surface area contributed by atoms with Gasteiger partial charge in [0.2, 0.25) is 5.91 Å². The molecule has 2 rings (SSSR count). The summed E-state index contributed by atoms with van der Waals surface area (Å²) in [6.07, 6.45) is 0. The van der Waals surface area contributed by atoms with Crippen LogP contribution in [-0.2, 0) is 4.79 Å². The first kappa shape index (κ1) is 15.8. The van der Waals surface area contributed by atoms with Gasteiger partial charge in [-0.3, -0.25) is 4.79 Å². The van der Waals surface area contributed by atoms with E-state index in [0.29, 0.717) is 0 Å². The number of piperazine rings is 1.